The number of amides is 1. The molecule has 0 bridgehead atoms. The number of benzene rings is 2. The van der Waals surface area contributed by atoms with Gasteiger partial charge in [-0.15, -0.1) is 10.2 Å². The van der Waals surface area contributed by atoms with E-state index in [2.05, 4.69) is 15.5 Å². The topological polar surface area (TPSA) is 86.5 Å². The fourth-order valence-electron chi connectivity index (χ4n) is 2.45. The molecule has 0 fully saturated rings. The third-order valence-corrected chi connectivity index (χ3v) is 5.29. The van der Waals surface area contributed by atoms with Crippen LogP contribution in [0.5, 0.6) is 11.5 Å². The molecule has 7 nitrogen and oxygen atoms in total. The number of nitrogens with zero attached hydrogens (tertiary/aromatic N) is 2. The Morgan fingerprint density at radius 3 is 2.79 bits per heavy atom. The van der Waals surface area contributed by atoms with Crippen LogP contribution in [-0.2, 0) is 4.79 Å². The lowest BCUT2D eigenvalue weighted by atomic mass is 10.2. The number of thioether (sulfide) groups is 1. The first-order chi connectivity index (χ1) is 13.6. The molecule has 0 spiro atoms. The zero-order chi connectivity index (χ0) is 19.5. The van der Waals surface area contributed by atoms with Gasteiger partial charge in [-0.2, -0.15) is 0 Å². The van der Waals surface area contributed by atoms with Crippen molar-refractivity contribution in [1.29, 1.82) is 0 Å². The number of hydrogen-bond donors (Lipinski definition) is 1. The number of aromatic nitrogens is 2. The first-order valence-electron chi connectivity index (χ1n) is 8.18. The maximum atomic E-state index is 12.1. The normalized spacial score (nSPS) is 15.3. The summed E-state index contributed by atoms with van der Waals surface area (Å²) in [5.41, 5.74) is 0.553. The fourth-order valence-corrected chi connectivity index (χ4v) is 3.32. The molecule has 1 aliphatic rings. The minimum Gasteiger partial charge on any atom is -0.485 e. The number of ether oxygens (including phenoxy) is 2. The van der Waals surface area contributed by atoms with Crippen LogP contribution in [0.25, 0.3) is 0 Å². The Balaban J connectivity index is 1.32. The maximum absolute atomic E-state index is 12.1. The SMILES string of the molecule is O=C(CSc1nnc(C2COc3ccccc3O2)o1)Nc1ccc(Cl)c(Cl)c1. The zero-order valence-corrected chi connectivity index (χ0v) is 16.6. The average Bonchev–Trinajstić information content (AvgIpc) is 3.18. The molecule has 1 unspecified atom stereocenters. The van der Waals surface area contributed by atoms with E-state index in [0.717, 1.165) is 11.8 Å². The molecule has 0 saturated carbocycles. The van der Waals surface area contributed by atoms with Gasteiger partial charge in [-0.25, -0.2) is 0 Å². The van der Waals surface area contributed by atoms with E-state index in [0.29, 0.717) is 33.1 Å². The summed E-state index contributed by atoms with van der Waals surface area (Å²) in [6.45, 7) is 0.265. The highest BCUT2D eigenvalue weighted by Crippen LogP contribution is 2.36. The number of halogens is 2. The number of para-hydroxylation sites is 2. The molecule has 1 amide bonds. The van der Waals surface area contributed by atoms with Crippen molar-refractivity contribution in [2.75, 3.05) is 17.7 Å². The van der Waals surface area contributed by atoms with Crippen LogP contribution in [0.1, 0.15) is 12.0 Å². The lowest BCUT2D eigenvalue weighted by molar-refractivity contribution is -0.113. The summed E-state index contributed by atoms with van der Waals surface area (Å²) in [6.07, 6.45) is -0.498. The molecule has 1 N–H and O–H groups in total. The molecule has 2 heterocycles. The van der Waals surface area contributed by atoms with E-state index in [1.54, 1.807) is 24.3 Å². The maximum Gasteiger partial charge on any atom is 0.277 e. The van der Waals surface area contributed by atoms with Gasteiger partial charge in [0.05, 0.1) is 15.8 Å². The second kappa shape index (κ2) is 8.30. The van der Waals surface area contributed by atoms with Crippen molar-refractivity contribution in [2.24, 2.45) is 0 Å². The van der Waals surface area contributed by atoms with Crippen LogP contribution in [-0.4, -0.2) is 28.5 Å². The van der Waals surface area contributed by atoms with Crippen LogP contribution >= 0.6 is 35.0 Å². The number of carbonyl (C=O) groups is 1. The molecule has 4 rings (SSSR count). The molecule has 0 aliphatic carbocycles. The monoisotopic (exact) mass is 437 g/mol. The first kappa shape index (κ1) is 18.9. The van der Waals surface area contributed by atoms with E-state index in [1.807, 2.05) is 18.2 Å². The Bertz CT molecular complexity index is 1010. The molecule has 1 atom stereocenters. The third kappa shape index (κ3) is 4.35. The van der Waals surface area contributed by atoms with Gasteiger partial charge >= 0.3 is 0 Å². The van der Waals surface area contributed by atoms with E-state index in [1.165, 1.54) is 0 Å². The van der Waals surface area contributed by atoms with Gasteiger partial charge in [0, 0.05) is 5.69 Å². The molecule has 28 heavy (non-hydrogen) atoms. The summed E-state index contributed by atoms with van der Waals surface area (Å²) in [5, 5.41) is 11.7. The van der Waals surface area contributed by atoms with Gasteiger partial charge < -0.3 is 19.2 Å². The quantitative estimate of drug-likeness (QED) is 0.582. The van der Waals surface area contributed by atoms with Crippen LogP contribution in [0.2, 0.25) is 10.0 Å². The van der Waals surface area contributed by atoms with Crippen LogP contribution in [0.4, 0.5) is 5.69 Å². The van der Waals surface area contributed by atoms with E-state index in [4.69, 9.17) is 37.1 Å². The van der Waals surface area contributed by atoms with Crippen LogP contribution < -0.4 is 14.8 Å². The molecular formula is C18H13Cl2N3O4S. The molecular weight excluding hydrogens is 425 g/mol. The van der Waals surface area contributed by atoms with E-state index >= 15 is 0 Å². The number of hydrogen-bond acceptors (Lipinski definition) is 7. The zero-order valence-electron chi connectivity index (χ0n) is 14.2. The number of nitrogens with one attached hydrogen (secondary N) is 1. The van der Waals surface area contributed by atoms with Crippen molar-refractivity contribution in [3.05, 3.63) is 58.4 Å². The van der Waals surface area contributed by atoms with Crippen molar-refractivity contribution in [3.8, 4) is 11.5 Å². The second-order valence-corrected chi connectivity index (χ2v) is 7.48. The average molecular weight is 438 g/mol. The molecule has 0 saturated heterocycles. The highest BCUT2D eigenvalue weighted by atomic mass is 35.5. The summed E-state index contributed by atoms with van der Waals surface area (Å²) in [4.78, 5) is 12.1. The van der Waals surface area contributed by atoms with E-state index < -0.39 is 6.10 Å². The molecule has 10 heteroatoms. The van der Waals surface area contributed by atoms with Crippen LogP contribution in [0.15, 0.2) is 52.1 Å². The highest BCUT2D eigenvalue weighted by molar-refractivity contribution is 7.99. The van der Waals surface area contributed by atoms with Crippen molar-refractivity contribution < 1.29 is 18.7 Å². The van der Waals surface area contributed by atoms with Gasteiger partial charge in [-0.3, -0.25) is 4.79 Å². The summed E-state index contributed by atoms with van der Waals surface area (Å²) in [6, 6.07) is 12.2. The number of fused-ring (bicyclic) bond motifs is 1. The predicted molar refractivity (Wildman–Crippen MR) is 105 cm³/mol. The minimum atomic E-state index is -0.498. The van der Waals surface area contributed by atoms with Gasteiger partial charge in [-0.1, -0.05) is 47.1 Å². The fraction of sp³-hybridized carbons (Fsp3) is 0.167. The Morgan fingerprint density at radius 1 is 1.14 bits per heavy atom. The Hall–Kier alpha value is -2.42. The number of anilines is 1. The van der Waals surface area contributed by atoms with Crippen LogP contribution in [0, 0.1) is 0 Å². The highest BCUT2D eigenvalue weighted by Gasteiger charge is 2.27. The van der Waals surface area contributed by atoms with Gasteiger partial charge in [0.1, 0.15) is 6.61 Å². The molecule has 2 aromatic carbocycles. The molecule has 1 aliphatic heterocycles. The summed E-state index contributed by atoms with van der Waals surface area (Å²) >= 11 is 12.9. The van der Waals surface area contributed by atoms with Crippen molar-refractivity contribution in [3.63, 3.8) is 0 Å². The summed E-state index contributed by atoms with van der Waals surface area (Å²) in [7, 11) is 0. The predicted octanol–water partition coefficient (Wildman–Crippen LogP) is 4.62. The second-order valence-electron chi connectivity index (χ2n) is 5.74. The summed E-state index contributed by atoms with van der Waals surface area (Å²) < 4.78 is 17.1. The van der Waals surface area contributed by atoms with Crippen molar-refractivity contribution in [2.45, 2.75) is 11.3 Å². The van der Waals surface area contributed by atoms with E-state index in [-0.39, 0.29) is 23.5 Å². The summed E-state index contributed by atoms with van der Waals surface area (Å²) in [5.74, 6) is 1.43. The Kier molecular flexibility index (Phi) is 5.61. The molecule has 144 valence electrons. The standard InChI is InChI=1S/C18H13Cl2N3O4S/c19-11-6-5-10(7-12(11)20)21-16(24)9-28-18-23-22-17(27-18)15-8-25-13-3-1-2-4-14(13)26-15/h1-7,15H,8-9H2,(H,21,24). The third-order valence-electron chi connectivity index (χ3n) is 3.74. The van der Waals surface area contributed by atoms with Crippen molar-refractivity contribution in [1.82, 2.24) is 10.2 Å². The molecule has 0 radical (unpaired) electrons. The number of rotatable bonds is 5. The van der Waals surface area contributed by atoms with Gasteiger partial charge in [0.15, 0.2) is 11.5 Å². The van der Waals surface area contributed by atoms with Gasteiger partial charge in [-0.05, 0) is 30.3 Å². The number of carbonyl (C=O) groups excluding carboxylic acids is 1. The lowest BCUT2D eigenvalue weighted by Crippen LogP contribution is -2.21. The molecule has 1 aromatic heterocycles. The first-order valence-corrected chi connectivity index (χ1v) is 9.92. The minimum absolute atomic E-state index is 0.0900. The largest absolute Gasteiger partial charge is 0.485 e. The van der Waals surface area contributed by atoms with Crippen LogP contribution in [0.3, 0.4) is 0 Å². The van der Waals surface area contributed by atoms with E-state index in [9.17, 15) is 4.79 Å². The smallest absolute Gasteiger partial charge is 0.277 e. The Morgan fingerprint density at radius 2 is 1.96 bits per heavy atom. The van der Waals surface area contributed by atoms with Gasteiger partial charge in [0.25, 0.3) is 11.1 Å². The Labute approximate surface area is 174 Å². The lowest BCUT2D eigenvalue weighted by Gasteiger charge is -2.23. The van der Waals surface area contributed by atoms with Gasteiger partial charge in [0.2, 0.25) is 12.0 Å². The van der Waals surface area contributed by atoms with Crippen molar-refractivity contribution >= 4 is 46.6 Å². The molecule has 3 aromatic rings.